The molecule has 140 valence electrons. The second-order valence-electron chi connectivity index (χ2n) is 6.61. The van der Waals surface area contributed by atoms with Crippen LogP contribution in [0.25, 0.3) is 0 Å². The number of hydrogen-bond acceptors (Lipinski definition) is 4. The van der Waals surface area contributed by atoms with Gasteiger partial charge in [-0.3, -0.25) is 4.90 Å². The number of nitrogens with zero attached hydrogens (tertiary/aromatic N) is 2. The molecule has 1 aliphatic heterocycles. The molecule has 0 saturated carbocycles. The molecule has 0 N–H and O–H groups in total. The summed E-state index contributed by atoms with van der Waals surface area (Å²) < 4.78 is 34.0. The topological polar surface area (TPSA) is 42.0 Å². The van der Waals surface area contributed by atoms with Crippen molar-refractivity contribution in [2.45, 2.75) is 33.4 Å². The van der Waals surface area contributed by atoms with Crippen LogP contribution in [0.4, 0.5) is 13.6 Å². The zero-order valence-electron chi connectivity index (χ0n) is 14.8. The second-order valence-corrected chi connectivity index (χ2v) is 6.61. The Morgan fingerprint density at radius 1 is 1.12 bits per heavy atom. The molecule has 7 heteroatoms. The molecule has 1 fully saturated rings. The fraction of sp³-hybridized carbons (Fsp3) is 0.611. The van der Waals surface area contributed by atoms with Crippen molar-refractivity contribution in [1.82, 2.24) is 9.80 Å². The lowest BCUT2D eigenvalue weighted by Gasteiger charge is -2.22. The highest BCUT2D eigenvalue weighted by atomic mass is 19.3. The van der Waals surface area contributed by atoms with Crippen LogP contribution in [0, 0.1) is 5.92 Å². The highest BCUT2D eigenvalue weighted by Gasteiger charge is 2.20. The molecule has 0 aromatic heterocycles. The van der Waals surface area contributed by atoms with Crippen molar-refractivity contribution in [3.8, 4) is 5.75 Å². The zero-order chi connectivity index (χ0) is 18.2. The minimum Gasteiger partial charge on any atom is -0.449 e. The van der Waals surface area contributed by atoms with Gasteiger partial charge in [-0.25, -0.2) is 4.79 Å². The first-order chi connectivity index (χ1) is 11.9. The van der Waals surface area contributed by atoms with Crippen LogP contribution in [0.1, 0.15) is 25.8 Å². The molecule has 0 radical (unpaired) electrons. The Labute approximate surface area is 147 Å². The standard InChI is InChI=1S/C18H26F2N2O3/c1-14(2)13-24-18(23)22-9-3-8-21(10-11-22)12-15-4-6-16(7-5-15)25-17(19)20/h4-7,14,17H,3,8-13H2,1-2H3. The van der Waals surface area contributed by atoms with Crippen molar-refractivity contribution in [3.05, 3.63) is 29.8 Å². The highest BCUT2D eigenvalue weighted by Crippen LogP contribution is 2.17. The normalized spacial score (nSPS) is 16.2. The number of carbonyl (C=O) groups is 1. The molecule has 0 unspecified atom stereocenters. The van der Waals surface area contributed by atoms with Gasteiger partial charge in [0.25, 0.3) is 0 Å². The van der Waals surface area contributed by atoms with E-state index in [1.807, 2.05) is 13.8 Å². The Balaban J connectivity index is 1.81. The third kappa shape index (κ3) is 6.86. The number of halogens is 2. The Morgan fingerprint density at radius 3 is 2.48 bits per heavy atom. The van der Waals surface area contributed by atoms with Crippen molar-refractivity contribution in [1.29, 1.82) is 0 Å². The molecule has 2 rings (SSSR count). The van der Waals surface area contributed by atoms with Gasteiger partial charge in [-0.15, -0.1) is 0 Å². The van der Waals surface area contributed by atoms with E-state index in [9.17, 15) is 13.6 Å². The Kier molecular flexibility index (Phi) is 7.43. The van der Waals surface area contributed by atoms with Gasteiger partial charge in [-0.1, -0.05) is 26.0 Å². The third-order valence-corrected chi connectivity index (χ3v) is 3.94. The summed E-state index contributed by atoms with van der Waals surface area (Å²) in [5, 5.41) is 0. The molecule has 0 atom stereocenters. The molecule has 25 heavy (non-hydrogen) atoms. The van der Waals surface area contributed by atoms with Gasteiger partial charge in [0, 0.05) is 32.7 Å². The molecule has 1 aromatic carbocycles. The molecule has 1 aromatic rings. The molecular formula is C18H26F2N2O3. The first-order valence-electron chi connectivity index (χ1n) is 8.62. The Bertz CT molecular complexity index is 538. The molecule has 0 spiro atoms. The molecule has 1 aliphatic rings. The summed E-state index contributed by atoms with van der Waals surface area (Å²) in [6, 6.07) is 6.68. The van der Waals surface area contributed by atoms with Gasteiger partial charge in [-0.05, 0) is 30.0 Å². The largest absolute Gasteiger partial charge is 0.449 e. The summed E-state index contributed by atoms with van der Waals surface area (Å²) in [6.45, 7) is 5.31. The molecular weight excluding hydrogens is 330 g/mol. The SMILES string of the molecule is CC(C)COC(=O)N1CCCN(Cc2ccc(OC(F)F)cc2)CC1. The van der Waals surface area contributed by atoms with Gasteiger partial charge in [-0.2, -0.15) is 8.78 Å². The second kappa shape index (κ2) is 9.56. The fourth-order valence-electron chi connectivity index (χ4n) is 2.68. The number of ether oxygens (including phenoxy) is 2. The van der Waals surface area contributed by atoms with Crippen LogP contribution in [-0.2, 0) is 11.3 Å². The van der Waals surface area contributed by atoms with Gasteiger partial charge in [0.2, 0.25) is 0 Å². The van der Waals surface area contributed by atoms with Crippen LogP contribution in [0.3, 0.4) is 0 Å². The summed E-state index contributed by atoms with van der Waals surface area (Å²) in [7, 11) is 0. The van der Waals surface area contributed by atoms with Gasteiger partial charge in [0.15, 0.2) is 0 Å². The van der Waals surface area contributed by atoms with E-state index in [1.54, 1.807) is 29.2 Å². The summed E-state index contributed by atoms with van der Waals surface area (Å²) in [5.41, 5.74) is 1.03. The number of benzene rings is 1. The molecule has 1 saturated heterocycles. The number of carbonyl (C=O) groups excluding carboxylic acids is 1. The van der Waals surface area contributed by atoms with Gasteiger partial charge in [0.1, 0.15) is 5.75 Å². The quantitative estimate of drug-likeness (QED) is 0.781. The van der Waals surface area contributed by atoms with E-state index in [2.05, 4.69) is 9.64 Å². The fourth-order valence-corrected chi connectivity index (χ4v) is 2.68. The summed E-state index contributed by atoms with van der Waals surface area (Å²) in [5.74, 6) is 0.484. The van der Waals surface area contributed by atoms with Crippen LogP contribution >= 0.6 is 0 Å². The predicted molar refractivity (Wildman–Crippen MR) is 90.7 cm³/mol. The van der Waals surface area contributed by atoms with E-state index in [0.717, 1.165) is 25.1 Å². The van der Waals surface area contributed by atoms with Gasteiger partial charge in [0.05, 0.1) is 6.61 Å². The number of hydrogen-bond donors (Lipinski definition) is 0. The van der Waals surface area contributed by atoms with E-state index >= 15 is 0 Å². The molecule has 0 bridgehead atoms. The highest BCUT2D eigenvalue weighted by molar-refractivity contribution is 5.67. The lowest BCUT2D eigenvalue weighted by molar-refractivity contribution is -0.0498. The van der Waals surface area contributed by atoms with Crippen LogP contribution in [0.2, 0.25) is 0 Å². The van der Waals surface area contributed by atoms with E-state index in [4.69, 9.17) is 4.74 Å². The van der Waals surface area contributed by atoms with E-state index in [1.165, 1.54) is 0 Å². The number of amides is 1. The zero-order valence-corrected chi connectivity index (χ0v) is 14.8. The molecule has 5 nitrogen and oxygen atoms in total. The van der Waals surface area contributed by atoms with Crippen LogP contribution in [-0.4, -0.2) is 55.3 Å². The van der Waals surface area contributed by atoms with Crippen LogP contribution in [0.15, 0.2) is 24.3 Å². The molecule has 1 amide bonds. The third-order valence-electron chi connectivity index (χ3n) is 3.94. The summed E-state index contributed by atoms with van der Waals surface area (Å²) >= 11 is 0. The smallest absolute Gasteiger partial charge is 0.409 e. The predicted octanol–water partition coefficient (Wildman–Crippen LogP) is 3.59. The number of rotatable bonds is 6. The lowest BCUT2D eigenvalue weighted by Crippen LogP contribution is -2.36. The maximum absolute atomic E-state index is 12.2. The molecule has 1 heterocycles. The monoisotopic (exact) mass is 356 g/mol. The first-order valence-corrected chi connectivity index (χ1v) is 8.62. The lowest BCUT2D eigenvalue weighted by atomic mass is 10.2. The minimum atomic E-state index is -2.81. The van der Waals surface area contributed by atoms with Crippen molar-refractivity contribution < 1.29 is 23.0 Å². The van der Waals surface area contributed by atoms with Crippen molar-refractivity contribution >= 4 is 6.09 Å². The van der Waals surface area contributed by atoms with Gasteiger partial charge >= 0.3 is 12.7 Å². The first kappa shape index (κ1) is 19.4. The van der Waals surface area contributed by atoms with E-state index in [-0.39, 0.29) is 11.8 Å². The Morgan fingerprint density at radius 2 is 1.84 bits per heavy atom. The average Bonchev–Trinajstić information content (AvgIpc) is 2.79. The van der Waals surface area contributed by atoms with Gasteiger partial charge < -0.3 is 14.4 Å². The van der Waals surface area contributed by atoms with Crippen molar-refractivity contribution in [3.63, 3.8) is 0 Å². The maximum Gasteiger partial charge on any atom is 0.409 e. The van der Waals surface area contributed by atoms with Crippen LogP contribution < -0.4 is 4.74 Å². The minimum absolute atomic E-state index is 0.161. The van der Waals surface area contributed by atoms with E-state index in [0.29, 0.717) is 32.2 Å². The summed E-state index contributed by atoms with van der Waals surface area (Å²) in [6.07, 6.45) is 0.632. The van der Waals surface area contributed by atoms with Crippen LogP contribution in [0.5, 0.6) is 5.75 Å². The van der Waals surface area contributed by atoms with Crippen molar-refractivity contribution in [2.24, 2.45) is 5.92 Å². The Hall–Kier alpha value is -1.89. The summed E-state index contributed by atoms with van der Waals surface area (Å²) in [4.78, 5) is 16.1. The van der Waals surface area contributed by atoms with Crippen molar-refractivity contribution in [2.75, 3.05) is 32.8 Å². The number of alkyl halides is 2. The molecule has 0 aliphatic carbocycles. The maximum atomic E-state index is 12.2. The average molecular weight is 356 g/mol. The van der Waals surface area contributed by atoms with E-state index < -0.39 is 6.61 Å².